The molecule has 2 aromatic rings. The van der Waals surface area contributed by atoms with Crippen LogP contribution in [0.2, 0.25) is 5.15 Å². The minimum absolute atomic E-state index is 0.662. The molecule has 0 saturated heterocycles. The Morgan fingerprint density at radius 3 is 2.47 bits per heavy atom. The van der Waals surface area contributed by atoms with E-state index in [1.807, 2.05) is 37.3 Å². The van der Waals surface area contributed by atoms with Crippen LogP contribution in [-0.4, -0.2) is 9.78 Å². The molecule has 0 atom stereocenters. The molecule has 0 aliphatic heterocycles. The van der Waals surface area contributed by atoms with E-state index in [0.29, 0.717) is 5.15 Å². The number of benzene rings is 1. The number of halogens is 1. The number of nitrogens with zero attached hydrogens (tertiary/aromatic N) is 2. The van der Waals surface area contributed by atoms with Crippen LogP contribution in [0.3, 0.4) is 0 Å². The molecule has 1 heterocycles. The minimum Gasteiger partial charge on any atom is -0.221 e. The van der Waals surface area contributed by atoms with Gasteiger partial charge in [0.2, 0.25) is 0 Å². The number of aromatic nitrogens is 2. The summed E-state index contributed by atoms with van der Waals surface area (Å²) in [6, 6.07) is 9.91. The fourth-order valence-electron chi connectivity index (χ4n) is 1.70. The highest BCUT2D eigenvalue weighted by molar-refractivity contribution is 6.31. The molecule has 2 rings (SSSR count). The Labute approximate surface area is 107 Å². The summed E-state index contributed by atoms with van der Waals surface area (Å²) in [5.41, 5.74) is 4.13. The van der Waals surface area contributed by atoms with Crippen molar-refractivity contribution in [3.05, 3.63) is 52.3 Å². The van der Waals surface area contributed by atoms with Crippen molar-refractivity contribution in [3.8, 4) is 5.69 Å². The van der Waals surface area contributed by atoms with E-state index >= 15 is 0 Å². The highest BCUT2D eigenvalue weighted by Crippen LogP contribution is 2.25. The largest absolute Gasteiger partial charge is 0.221 e. The van der Waals surface area contributed by atoms with Crippen LogP contribution < -0.4 is 0 Å². The van der Waals surface area contributed by atoms with Crippen LogP contribution in [0.5, 0.6) is 0 Å². The molecule has 0 radical (unpaired) electrons. The molecule has 3 heteroatoms. The van der Waals surface area contributed by atoms with Gasteiger partial charge in [-0.05, 0) is 32.9 Å². The highest BCUT2D eigenvalue weighted by atomic mass is 35.5. The van der Waals surface area contributed by atoms with Crippen molar-refractivity contribution >= 4 is 17.7 Å². The van der Waals surface area contributed by atoms with E-state index < -0.39 is 0 Å². The van der Waals surface area contributed by atoms with Gasteiger partial charge >= 0.3 is 0 Å². The molecule has 0 spiro atoms. The summed E-state index contributed by atoms with van der Waals surface area (Å²) in [6.07, 6.45) is 2.06. The van der Waals surface area contributed by atoms with Gasteiger partial charge in [0.05, 0.1) is 11.4 Å². The van der Waals surface area contributed by atoms with Gasteiger partial charge in [-0.3, -0.25) is 0 Å². The lowest BCUT2D eigenvalue weighted by Gasteiger charge is -2.02. The number of hydrogen-bond acceptors (Lipinski definition) is 1. The highest BCUT2D eigenvalue weighted by Gasteiger charge is 2.12. The SMILES string of the molecule is CC(C)=Cc1c(C)nn(-c2ccccc2)c1Cl. The van der Waals surface area contributed by atoms with Crippen LogP contribution in [-0.2, 0) is 0 Å². The van der Waals surface area contributed by atoms with E-state index in [9.17, 15) is 0 Å². The topological polar surface area (TPSA) is 17.8 Å². The third kappa shape index (κ3) is 2.42. The quantitative estimate of drug-likeness (QED) is 0.774. The first kappa shape index (κ1) is 11.9. The van der Waals surface area contributed by atoms with Crippen LogP contribution >= 0.6 is 11.6 Å². The summed E-state index contributed by atoms with van der Waals surface area (Å²) in [4.78, 5) is 0. The summed E-state index contributed by atoms with van der Waals surface area (Å²) in [7, 11) is 0. The van der Waals surface area contributed by atoms with Crippen molar-refractivity contribution in [2.75, 3.05) is 0 Å². The van der Waals surface area contributed by atoms with Crippen molar-refractivity contribution in [1.82, 2.24) is 9.78 Å². The van der Waals surface area contributed by atoms with E-state index in [1.54, 1.807) is 4.68 Å². The summed E-state index contributed by atoms with van der Waals surface area (Å²) in [5, 5.41) is 5.14. The second-order valence-corrected chi connectivity index (χ2v) is 4.62. The van der Waals surface area contributed by atoms with Crippen LogP contribution in [0, 0.1) is 6.92 Å². The second-order valence-electron chi connectivity index (χ2n) is 4.26. The maximum atomic E-state index is 6.36. The normalized spacial score (nSPS) is 10.4. The van der Waals surface area contributed by atoms with Gasteiger partial charge in [-0.15, -0.1) is 0 Å². The molecule has 0 N–H and O–H groups in total. The molecule has 88 valence electrons. The standard InChI is InChI=1S/C14H15ClN2/c1-10(2)9-13-11(3)16-17(14(13)15)12-7-5-4-6-8-12/h4-9H,1-3H3. The van der Waals surface area contributed by atoms with Crippen LogP contribution in [0.4, 0.5) is 0 Å². The van der Waals surface area contributed by atoms with Crippen LogP contribution in [0.1, 0.15) is 25.1 Å². The molecule has 0 bridgehead atoms. The Hall–Kier alpha value is -1.54. The van der Waals surface area contributed by atoms with Crippen molar-refractivity contribution in [3.63, 3.8) is 0 Å². The summed E-state index contributed by atoms with van der Waals surface area (Å²) < 4.78 is 1.77. The Bertz CT molecular complexity index is 549. The molecular weight excluding hydrogens is 232 g/mol. The zero-order valence-electron chi connectivity index (χ0n) is 10.2. The molecule has 0 amide bonds. The van der Waals surface area contributed by atoms with Crippen molar-refractivity contribution in [1.29, 1.82) is 0 Å². The molecule has 0 fully saturated rings. The van der Waals surface area contributed by atoms with Gasteiger partial charge in [0.15, 0.2) is 0 Å². The third-order valence-electron chi connectivity index (χ3n) is 2.48. The molecule has 0 saturated carbocycles. The first-order valence-corrected chi connectivity index (χ1v) is 5.93. The predicted octanol–water partition coefficient (Wildman–Crippen LogP) is 4.26. The van der Waals surface area contributed by atoms with Gasteiger partial charge in [0.1, 0.15) is 5.15 Å². The Balaban J connectivity index is 2.56. The van der Waals surface area contributed by atoms with E-state index in [4.69, 9.17) is 11.6 Å². The van der Waals surface area contributed by atoms with E-state index in [2.05, 4.69) is 25.0 Å². The predicted molar refractivity (Wildman–Crippen MR) is 72.6 cm³/mol. The van der Waals surface area contributed by atoms with Gasteiger partial charge in [0, 0.05) is 5.56 Å². The molecular formula is C14H15ClN2. The van der Waals surface area contributed by atoms with Gasteiger partial charge in [-0.25, -0.2) is 4.68 Å². The first-order valence-electron chi connectivity index (χ1n) is 5.55. The summed E-state index contributed by atoms with van der Waals surface area (Å²) in [5.74, 6) is 0. The van der Waals surface area contributed by atoms with Crippen LogP contribution in [0.15, 0.2) is 35.9 Å². The minimum atomic E-state index is 0.662. The Morgan fingerprint density at radius 1 is 1.24 bits per heavy atom. The smallest absolute Gasteiger partial charge is 0.140 e. The fraction of sp³-hybridized carbons (Fsp3) is 0.214. The Morgan fingerprint density at radius 2 is 1.88 bits per heavy atom. The fourth-order valence-corrected chi connectivity index (χ4v) is 2.03. The number of rotatable bonds is 2. The molecule has 0 aliphatic rings. The monoisotopic (exact) mass is 246 g/mol. The van der Waals surface area contributed by atoms with Crippen LogP contribution in [0.25, 0.3) is 11.8 Å². The van der Waals surface area contributed by atoms with Crippen molar-refractivity contribution in [2.45, 2.75) is 20.8 Å². The zero-order valence-corrected chi connectivity index (χ0v) is 11.0. The third-order valence-corrected chi connectivity index (χ3v) is 2.85. The number of aryl methyl sites for hydroxylation is 1. The maximum absolute atomic E-state index is 6.36. The number of allylic oxidation sites excluding steroid dienone is 1. The average molecular weight is 247 g/mol. The lowest BCUT2D eigenvalue weighted by Crippen LogP contribution is -1.95. The van der Waals surface area contributed by atoms with Gasteiger partial charge in [-0.2, -0.15) is 5.10 Å². The van der Waals surface area contributed by atoms with Crippen molar-refractivity contribution in [2.24, 2.45) is 0 Å². The molecule has 0 unspecified atom stereocenters. The number of hydrogen-bond donors (Lipinski definition) is 0. The number of para-hydroxylation sites is 1. The average Bonchev–Trinajstić information content (AvgIpc) is 2.58. The van der Waals surface area contributed by atoms with Gasteiger partial charge < -0.3 is 0 Å². The molecule has 1 aromatic heterocycles. The lowest BCUT2D eigenvalue weighted by atomic mass is 10.2. The molecule has 0 aliphatic carbocycles. The van der Waals surface area contributed by atoms with E-state index in [0.717, 1.165) is 16.9 Å². The second kappa shape index (κ2) is 4.76. The van der Waals surface area contributed by atoms with E-state index in [1.165, 1.54) is 5.57 Å². The zero-order chi connectivity index (χ0) is 12.4. The van der Waals surface area contributed by atoms with Gasteiger partial charge in [0.25, 0.3) is 0 Å². The Kier molecular flexibility index (Phi) is 3.34. The summed E-state index contributed by atoms with van der Waals surface area (Å²) in [6.45, 7) is 6.07. The van der Waals surface area contributed by atoms with Gasteiger partial charge in [-0.1, -0.05) is 41.4 Å². The van der Waals surface area contributed by atoms with Crippen molar-refractivity contribution < 1.29 is 0 Å². The molecule has 17 heavy (non-hydrogen) atoms. The lowest BCUT2D eigenvalue weighted by molar-refractivity contribution is 0.863. The summed E-state index contributed by atoms with van der Waals surface area (Å²) >= 11 is 6.36. The maximum Gasteiger partial charge on any atom is 0.140 e. The first-order chi connectivity index (χ1) is 8.09. The van der Waals surface area contributed by atoms with E-state index in [-0.39, 0.29) is 0 Å². The molecule has 1 aromatic carbocycles. The molecule has 2 nitrogen and oxygen atoms in total.